The summed E-state index contributed by atoms with van der Waals surface area (Å²) in [6.45, 7) is 1.03. The molecule has 0 aromatic carbocycles. The van der Waals surface area contributed by atoms with Crippen LogP contribution < -0.4 is 5.32 Å². The van der Waals surface area contributed by atoms with Crippen LogP contribution in [-0.4, -0.2) is 27.5 Å². The molecule has 0 aliphatic carbocycles. The van der Waals surface area contributed by atoms with E-state index in [1.54, 1.807) is 12.5 Å². The lowest BCUT2D eigenvalue weighted by Crippen LogP contribution is -2.14. The summed E-state index contributed by atoms with van der Waals surface area (Å²) in [6, 6.07) is 1.90. The minimum Gasteiger partial charge on any atom is -0.369 e. The molecule has 2 rings (SSSR count). The summed E-state index contributed by atoms with van der Waals surface area (Å²) in [5, 5.41) is 4.09. The third-order valence-electron chi connectivity index (χ3n) is 2.12. The van der Waals surface area contributed by atoms with Gasteiger partial charge in [0.25, 0.3) is 0 Å². The highest BCUT2D eigenvalue weighted by molar-refractivity contribution is 8.00. The van der Waals surface area contributed by atoms with Crippen LogP contribution in [0.3, 0.4) is 0 Å². The SMILES string of the molecule is c1cc(NCC2CCCS2)ncn1. The number of nitrogens with zero attached hydrogens (tertiary/aromatic N) is 2. The van der Waals surface area contributed by atoms with Gasteiger partial charge >= 0.3 is 0 Å². The maximum Gasteiger partial charge on any atom is 0.129 e. The molecule has 2 heterocycles. The van der Waals surface area contributed by atoms with Gasteiger partial charge in [-0.3, -0.25) is 0 Å². The number of nitrogens with one attached hydrogen (secondary N) is 1. The van der Waals surface area contributed by atoms with Crippen molar-refractivity contribution in [1.29, 1.82) is 0 Å². The minimum absolute atomic E-state index is 0.773. The predicted octanol–water partition coefficient (Wildman–Crippen LogP) is 1.78. The molecule has 0 spiro atoms. The Hall–Kier alpha value is -0.770. The standard InChI is InChI=1S/C9H13N3S/c1-2-8(13-5-1)6-11-9-3-4-10-7-12-9/h3-4,7-8H,1-2,5-6H2,(H,10,11,12). The van der Waals surface area contributed by atoms with Crippen molar-refractivity contribution in [1.82, 2.24) is 9.97 Å². The number of thioether (sulfide) groups is 1. The van der Waals surface area contributed by atoms with Crippen molar-refractivity contribution in [2.24, 2.45) is 0 Å². The first-order chi connectivity index (χ1) is 6.45. The molecule has 1 aromatic rings. The van der Waals surface area contributed by atoms with Crippen molar-refractivity contribution in [3.63, 3.8) is 0 Å². The van der Waals surface area contributed by atoms with Gasteiger partial charge in [0.2, 0.25) is 0 Å². The summed E-state index contributed by atoms with van der Waals surface area (Å²) in [6.07, 6.45) is 6.03. The van der Waals surface area contributed by atoms with Gasteiger partial charge in [0, 0.05) is 18.0 Å². The van der Waals surface area contributed by atoms with Crippen LogP contribution in [0.15, 0.2) is 18.6 Å². The molecule has 0 amide bonds. The van der Waals surface area contributed by atoms with Crippen LogP contribution in [0.25, 0.3) is 0 Å². The molecule has 3 nitrogen and oxygen atoms in total. The Bertz CT molecular complexity index is 246. The number of anilines is 1. The molecule has 1 unspecified atom stereocenters. The van der Waals surface area contributed by atoms with Crippen LogP contribution in [0.5, 0.6) is 0 Å². The zero-order valence-corrected chi connectivity index (χ0v) is 8.26. The van der Waals surface area contributed by atoms with E-state index in [2.05, 4.69) is 27.0 Å². The first kappa shape index (κ1) is 8.81. The highest BCUT2D eigenvalue weighted by Gasteiger charge is 2.14. The van der Waals surface area contributed by atoms with Crippen molar-refractivity contribution < 1.29 is 0 Å². The van der Waals surface area contributed by atoms with Crippen molar-refractivity contribution in [2.45, 2.75) is 18.1 Å². The Morgan fingerprint density at radius 3 is 3.31 bits per heavy atom. The molecule has 0 saturated carbocycles. The van der Waals surface area contributed by atoms with Crippen LogP contribution in [0.2, 0.25) is 0 Å². The van der Waals surface area contributed by atoms with Crippen molar-refractivity contribution in [3.8, 4) is 0 Å². The summed E-state index contributed by atoms with van der Waals surface area (Å²) in [7, 11) is 0. The fourth-order valence-corrected chi connectivity index (χ4v) is 2.62. The lowest BCUT2D eigenvalue weighted by Gasteiger charge is -2.09. The highest BCUT2D eigenvalue weighted by Crippen LogP contribution is 2.25. The van der Waals surface area contributed by atoms with Crippen LogP contribution in [0, 0.1) is 0 Å². The summed E-state index contributed by atoms with van der Waals surface area (Å²) in [4.78, 5) is 7.98. The Morgan fingerprint density at radius 1 is 1.62 bits per heavy atom. The smallest absolute Gasteiger partial charge is 0.129 e. The average Bonchev–Trinajstić information content (AvgIpc) is 2.69. The molecule has 1 aliphatic heterocycles. The Labute approximate surface area is 82.4 Å². The monoisotopic (exact) mass is 195 g/mol. The van der Waals surface area contributed by atoms with E-state index in [-0.39, 0.29) is 0 Å². The third kappa shape index (κ3) is 2.59. The zero-order chi connectivity index (χ0) is 8.93. The molecule has 1 aromatic heterocycles. The fraction of sp³-hybridized carbons (Fsp3) is 0.556. The zero-order valence-electron chi connectivity index (χ0n) is 7.44. The van der Waals surface area contributed by atoms with E-state index in [4.69, 9.17) is 0 Å². The highest BCUT2D eigenvalue weighted by atomic mass is 32.2. The normalized spacial score (nSPS) is 21.7. The van der Waals surface area contributed by atoms with E-state index in [9.17, 15) is 0 Å². The molecule has 13 heavy (non-hydrogen) atoms. The van der Waals surface area contributed by atoms with Gasteiger partial charge in [-0.1, -0.05) is 0 Å². The van der Waals surface area contributed by atoms with Crippen molar-refractivity contribution in [3.05, 3.63) is 18.6 Å². The largest absolute Gasteiger partial charge is 0.369 e. The summed E-state index contributed by atoms with van der Waals surface area (Å²) >= 11 is 2.06. The maximum atomic E-state index is 4.11. The van der Waals surface area contributed by atoms with Crippen LogP contribution in [0.4, 0.5) is 5.82 Å². The van der Waals surface area contributed by atoms with Crippen molar-refractivity contribution >= 4 is 17.6 Å². The molecular weight excluding hydrogens is 182 g/mol. The van der Waals surface area contributed by atoms with E-state index in [0.717, 1.165) is 17.6 Å². The summed E-state index contributed by atoms with van der Waals surface area (Å²) in [5.74, 6) is 2.25. The molecule has 4 heteroatoms. The van der Waals surface area contributed by atoms with Crippen LogP contribution in [0.1, 0.15) is 12.8 Å². The fourth-order valence-electron chi connectivity index (χ4n) is 1.42. The van der Waals surface area contributed by atoms with Gasteiger partial charge in [0.05, 0.1) is 0 Å². The van der Waals surface area contributed by atoms with E-state index in [0.29, 0.717) is 0 Å². The predicted molar refractivity (Wildman–Crippen MR) is 56.0 cm³/mol. The first-order valence-electron chi connectivity index (χ1n) is 4.56. The van der Waals surface area contributed by atoms with Gasteiger partial charge in [-0.15, -0.1) is 0 Å². The second-order valence-corrected chi connectivity index (χ2v) is 4.52. The van der Waals surface area contributed by atoms with Crippen LogP contribution >= 0.6 is 11.8 Å². The second-order valence-electron chi connectivity index (χ2n) is 3.11. The third-order valence-corrected chi connectivity index (χ3v) is 3.51. The van der Waals surface area contributed by atoms with E-state index >= 15 is 0 Å². The Kier molecular flexibility index (Phi) is 3.02. The minimum atomic E-state index is 0.773. The number of rotatable bonds is 3. The molecule has 0 bridgehead atoms. The van der Waals surface area contributed by atoms with Gasteiger partial charge in [-0.2, -0.15) is 11.8 Å². The molecule has 0 radical (unpaired) electrons. The first-order valence-corrected chi connectivity index (χ1v) is 5.61. The Balaban J connectivity index is 1.79. The van der Waals surface area contributed by atoms with Crippen molar-refractivity contribution in [2.75, 3.05) is 17.6 Å². The van der Waals surface area contributed by atoms with Gasteiger partial charge in [0.15, 0.2) is 0 Å². The summed E-state index contributed by atoms with van der Waals surface area (Å²) < 4.78 is 0. The Morgan fingerprint density at radius 2 is 2.62 bits per heavy atom. The lowest BCUT2D eigenvalue weighted by molar-refractivity contribution is 0.803. The van der Waals surface area contributed by atoms with E-state index in [1.165, 1.54) is 18.6 Å². The molecule has 1 atom stereocenters. The molecule has 1 aliphatic rings. The van der Waals surface area contributed by atoms with Gasteiger partial charge in [-0.25, -0.2) is 9.97 Å². The lowest BCUT2D eigenvalue weighted by atomic mass is 10.2. The molecular formula is C9H13N3S. The topological polar surface area (TPSA) is 37.8 Å². The van der Waals surface area contributed by atoms with Gasteiger partial charge in [-0.05, 0) is 24.7 Å². The molecule has 1 N–H and O–H groups in total. The number of hydrogen-bond acceptors (Lipinski definition) is 4. The summed E-state index contributed by atoms with van der Waals surface area (Å²) in [5.41, 5.74) is 0. The average molecular weight is 195 g/mol. The number of aromatic nitrogens is 2. The van der Waals surface area contributed by atoms with E-state index in [1.807, 2.05) is 6.07 Å². The quantitative estimate of drug-likeness (QED) is 0.798. The van der Waals surface area contributed by atoms with E-state index < -0.39 is 0 Å². The maximum absolute atomic E-state index is 4.11. The van der Waals surface area contributed by atoms with Gasteiger partial charge in [0.1, 0.15) is 12.1 Å². The molecule has 70 valence electrons. The second kappa shape index (κ2) is 4.46. The molecule has 1 saturated heterocycles. The van der Waals surface area contributed by atoms with Gasteiger partial charge < -0.3 is 5.32 Å². The molecule has 1 fully saturated rings. The number of hydrogen-bond donors (Lipinski definition) is 1. The van der Waals surface area contributed by atoms with Crippen LogP contribution in [-0.2, 0) is 0 Å².